The first-order chi connectivity index (χ1) is 15.0. The highest BCUT2D eigenvalue weighted by molar-refractivity contribution is 6.04. The quantitative estimate of drug-likeness (QED) is 0.533. The number of carbonyl (C=O) groups is 3. The summed E-state index contributed by atoms with van der Waals surface area (Å²) in [5, 5.41) is 5.93. The molecule has 1 aromatic carbocycles. The predicted molar refractivity (Wildman–Crippen MR) is 122 cm³/mol. The fourth-order valence-corrected chi connectivity index (χ4v) is 4.79. The molecule has 0 aliphatic heterocycles. The van der Waals surface area contributed by atoms with E-state index >= 15 is 0 Å². The van der Waals surface area contributed by atoms with Gasteiger partial charge in [-0.05, 0) is 43.9 Å². The molecular weight excluding hydrogens is 392 g/mol. The van der Waals surface area contributed by atoms with Crippen LogP contribution in [-0.4, -0.2) is 48.3 Å². The third-order valence-electron chi connectivity index (χ3n) is 6.46. The number of hydrogen-bond donors (Lipinski definition) is 3. The van der Waals surface area contributed by atoms with E-state index in [4.69, 9.17) is 5.73 Å². The molecule has 4 N–H and O–H groups in total. The van der Waals surface area contributed by atoms with Gasteiger partial charge >= 0.3 is 0 Å². The standard InChI is InChI=1S/C24H36N4O3/c25-22(29)16-28(15-14-18-8-2-1-3-9-18)17-23(30)27-21-13-7-6-12-20(21)24(31)26-19-10-4-5-11-19/h6-7,12-13,18-19H,1-5,8-11,14-17H2,(H2,25,29)(H,26,31)(H,27,30). The van der Waals surface area contributed by atoms with Crippen molar-refractivity contribution in [2.75, 3.05) is 25.0 Å². The first kappa shape index (κ1) is 23.3. The number of nitrogens with two attached hydrogens (primary N) is 1. The smallest absolute Gasteiger partial charge is 0.253 e. The molecule has 2 aliphatic rings. The van der Waals surface area contributed by atoms with Crippen molar-refractivity contribution in [2.24, 2.45) is 11.7 Å². The Balaban J connectivity index is 1.56. The van der Waals surface area contributed by atoms with Crippen molar-refractivity contribution in [3.8, 4) is 0 Å². The average Bonchev–Trinajstić information content (AvgIpc) is 3.25. The van der Waals surface area contributed by atoms with Gasteiger partial charge < -0.3 is 16.4 Å². The van der Waals surface area contributed by atoms with Crippen molar-refractivity contribution in [1.29, 1.82) is 0 Å². The Bertz CT molecular complexity index is 755. The molecule has 1 aromatic rings. The Morgan fingerprint density at radius 3 is 2.32 bits per heavy atom. The number of amides is 3. The molecule has 0 saturated heterocycles. The van der Waals surface area contributed by atoms with Crippen LogP contribution in [-0.2, 0) is 9.59 Å². The average molecular weight is 429 g/mol. The Labute approximate surface area is 185 Å². The first-order valence-electron chi connectivity index (χ1n) is 11.7. The van der Waals surface area contributed by atoms with E-state index in [0.29, 0.717) is 23.7 Å². The lowest BCUT2D eigenvalue weighted by Gasteiger charge is -2.26. The summed E-state index contributed by atoms with van der Waals surface area (Å²) in [6.45, 7) is 0.809. The number of nitrogens with one attached hydrogen (secondary N) is 2. The molecule has 31 heavy (non-hydrogen) atoms. The summed E-state index contributed by atoms with van der Waals surface area (Å²) >= 11 is 0. The van der Waals surface area contributed by atoms with Crippen LogP contribution in [0, 0.1) is 5.92 Å². The summed E-state index contributed by atoms with van der Waals surface area (Å²) in [7, 11) is 0. The topological polar surface area (TPSA) is 105 Å². The van der Waals surface area contributed by atoms with Crippen LogP contribution < -0.4 is 16.4 Å². The van der Waals surface area contributed by atoms with Crippen LogP contribution in [0.1, 0.15) is 74.6 Å². The van der Waals surface area contributed by atoms with E-state index in [0.717, 1.165) is 32.1 Å². The molecule has 0 aromatic heterocycles. The van der Waals surface area contributed by atoms with Crippen molar-refractivity contribution < 1.29 is 14.4 Å². The highest BCUT2D eigenvalue weighted by Gasteiger charge is 2.21. The van der Waals surface area contributed by atoms with E-state index in [-0.39, 0.29) is 30.9 Å². The van der Waals surface area contributed by atoms with Gasteiger partial charge in [-0.25, -0.2) is 0 Å². The summed E-state index contributed by atoms with van der Waals surface area (Å²) < 4.78 is 0. The maximum Gasteiger partial charge on any atom is 0.253 e. The monoisotopic (exact) mass is 428 g/mol. The van der Waals surface area contributed by atoms with E-state index in [1.54, 1.807) is 24.3 Å². The zero-order valence-corrected chi connectivity index (χ0v) is 18.4. The Morgan fingerprint density at radius 2 is 1.61 bits per heavy atom. The lowest BCUT2D eigenvalue weighted by atomic mass is 9.87. The Hall–Kier alpha value is -2.41. The second-order valence-electron chi connectivity index (χ2n) is 9.02. The van der Waals surface area contributed by atoms with Gasteiger partial charge in [0, 0.05) is 6.04 Å². The third kappa shape index (κ3) is 7.65. The number of anilines is 1. The van der Waals surface area contributed by atoms with Crippen molar-refractivity contribution in [1.82, 2.24) is 10.2 Å². The zero-order chi connectivity index (χ0) is 22.1. The maximum atomic E-state index is 12.7. The zero-order valence-electron chi connectivity index (χ0n) is 18.4. The number of benzene rings is 1. The first-order valence-corrected chi connectivity index (χ1v) is 11.7. The molecule has 0 spiro atoms. The number of primary amides is 1. The molecular formula is C24H36N4O3. The number of nitrogens with zero attached hydrogens (tertiary/aromatic N) is 1. The Morgan fingerprint density at radius 1 is 0.935 bits per heavy atom. The molecule has 0 radical (unpaired) electrons. The van der Waals surface area contributed by atoms with Crippen LogP contribution >= 0.6 is 0 Å². The lowest BCUT2D eigenvalue weighted by Crippen LogP contribution is -2.40. The maximum absolute atomic E-state index is 12.7. The van der Waals surface area contributed by atoms with Gasteiger partial charge in [-0.2, -0.15) is 0 Å². The van der Waals surface area contributed by atoms with E-state index < -0.39 is 5.91 Å². The van der Waals surface area contributed by atoms with Gasteiger partial charge in [-0.15, -0.1) is 0 Å². The number of hydrogen-bond acceptors (Lipinski definition) is 4. The van der Waals surface area contributed by atoms with Crippen LogP contribution in [0.15, 0.2) is 24.3 Å². The molecule has 2 saturated carbocycles. The van der Waals surface area contributed by atoms with Gasteiger partial charge in [0.2, 0.25) is 11.8 Å². The third-order valence-corrected chi connectivity index (χ3v) is 6.46. The van der Waals surface area contributed by atoms with Gasteiger partial charge in [0.25, 0.3) is 5.91 Å². The second-order valence-corrected chi connectivity index (χ2v) is 9.02. The fraction of sp³-hybridized carbons (Fsp3) is 0.625. The number of rotatable bonds is 10. The van der Waals surface area contributed by atoms with Crippen molar-refractivity contribution in [3.63, 3.8) is 0 Å². The largest absolute Gasteiger partial charge is 0.369 e. The van der Waals surface area contributed by atoms with E-state index in [2.05, 4.69) is 10.6 Å². The summed E-state index contributed by atoms with van der Waals surface area (Å²) in [6, 6.07) is 7.27. The molecule has 0 bridgehead atoms. The molecule has 3 amide bonds. The van der Waals surface area contributed by atoms with Crippen LogP contribution in [0.5, 0.6) is 0 Å². The van der Waals surface area contributed by atoms with Crippen LogP contribution in [0.2, 0.25) is 0 Å². The van der Waals surface area contributed by atoms with Crippen LogP contribution in [0.3, 0.4) is 0 Å². The molecule has 0 unspecified atom stereocenters. The molecule has 0 heterocycles. The summed E-state index contributed by atoms with van der Waals surface area (Å²) in [5.41, 5.74) is 6.37. The highest BCUT2D eigenvalue weighted by Crippen LogP contribution is 2.26. The SMILES string of the molecule is NC(=O)CN(CCC1CCCCC1)CC(=O)Nc1ccccc1C(=O)NC1CCCC1. The minimum absolute atomic E-state index is 0.0595. The number of para-hydroxylation sites is 1. The van der Waals surface area contributed by atoms with Crippen LogP contribution in [0.4, 0.5) is 5.69 Å². The Kier molecular flexibility index (Phi) is 8.88. The van der Waals surface area contributed by atoms with E-state index in [1.807, 2.05) is 4.90 Å². The molecule has 2 fully saturated rings. The minimum atomic E-state index is -0.437. The van der Waals surface area contributed by atoms with Crippen molar-refractivity contribution in [3.05, 3.63) is 29.8 Å². The fourth-order valence-electron chi connectivity index (χ4n) is 4.79. The van der Waals surface area contributed by atoms with Gasteiger partial charge in [0.05, 0.1) is 24.3 Å². The van der Waals surface area contributed by atoms with Gasteiger partial charge in [0.15, 0.2) is 0 Å². The molecule has 170 valence electrons. The van der Waals surface area contributed by atoms with E-state index in [9.17, 15) is 14.4 Å². The molecule has 2 aliphatic carbocycles. The lowest BCUT2D eigenvalue weighted by molar-refractivity contribution is -0.121. The second kappa shape index (κ2) is 11.8. The summed E-state index contributed by atoms with van der Waals surface area (Å²) in [5.74, 6) is -0.180. The van der Waals surface area contributed by atoms with Gasteiger partial charge in [-0.3, -0.25) is 19.3 Å². The molecule has 3 rings (SSSR count). The molecule has 7 nitrogen and oxygen atoms in total. The molecule has 0 atom stereocenters. The van der Waals surface area contributed by atoms with Gasteiger partial charge in [-0.1, -0.05) is 57.1 Å². The normalized spacial score (nSPS) is 17.6. The predicted octanol–water partition coefficient (Wildman–Crippen LogP) is 3.06. The minimum Gasteiger partial charge on any atom is -0.369 e. The van der Waals surface area contributed by atoms with Crippen molar-refractivity contribution in [2.45, 2.75) is 70.3 Å². The van der Waals surface area contributed by atoms with Gasteiger partial charge in [0.1, 0.15) is 0 Å². The van der Waals surface area contributed by atoms with Crippen molar-refractivity contribution >= 4 is 23.4 Å². The summed E-state index contributed by atoms with van der Waals surface area (Å²) in [6.07, 6.45) is 11.5. The summed E-state index contributed by atoms with van der Waals surface area (Å²) in [4.78, 5) is 38.8. The molecule has 7 heteroatoms. The number of carbonyl (C=O) groups excluding carboxylic acids is 3. The van der Waals surface area contributed by atoms with E-state index in [1.165, 1.54) is 32.1 Å². The highest BCUT2D eigenvalue weighted by atomic mass is 16.2. The van der Waals surface area contributed by atoms with Crippen LogP contribution in [0.25, 0.3) is 0 Å².